The van der Waals surface area contributed by atoms with E-state index in [0.717, 1.165) is 17.6 Å². The van der Waals surface area contributed by atoms with Crippen molar-refractivity contribution in [2.45, 2.75) is 46.0 Å². The summed E-state index contributed by atoms with van der Waals surface area (Å²) in [5.41, 5.74) is 1.56. The molecule has 2 rings (SSSR count). The van der Waals surface area contributed by atoms with Crippen LogP contribution in [-0.2, 0) is 20.2 Å². The second-order valence-electron chi connectivity index (χ2n) is 8.78. The fourth-order valence-electron chi connectivity index (χ4n) is 3.44. The molecular weight excluding hydrogens is 440 g/mol. The van der Waals surface area contributed by atoms with E-state index in [1.165, 1.54) is 4.31 Å². The molecule has 1 N–H and O–H groups in total. The minimum atomic E-state index is -3.52. The van der Waals surface area contributed by atoms with E-state index in [1.54, 1.807) is 24.3 Å². The number of nitrogens with one attached hydrogen (secondary N) is 1. The maximum Gasteiger partial charge on any atom is 0.232 e. The Morgan fingerprint density at radius 3 is 2.27 bits per heavy atom. The first-order chi connectivity index (χ1) is 15.5. The summed E-state index contributed by atoms with van der Waals surface area (Å²) < 4.78 is 37.5. The zero-order valence-corrected chi connectivity index (χ0v) is 21.1. The quantitative estimate of drug-likeness (QED) is 0.466. The predicted molar refractivity (Wildman–Crippen MR) is 133 cm³/mol. The SMILES string of the molecule is CCOc1ccccc1N(CCCC(=O)NCCOc1ccccc1C(C)(C)C)S(C)(=O)=O. The average molecular weight is 477 g/mol. The van der Waals surface area contributed by atoms with Crippen LogP contribution in [0, 0.1) is 0 Å². The Bertz CT molecular complexity index is 1020. The van der Waals surface area contributed by atoms with Gasteiger partial charge in [-0.3, -0.25) is 9.10 Å². The summed E-state index contributed by atoms with van der Waals surface area (Å²) in [7, 11) is -3.52. The zero-order chi connectivity index (χ0) is 24.5. The summed E-state index contributed by atoms with van der Waals surface area (Å²) in [6.45, 7) is 9.58. The lowest BCUT2D eigenvalue weighted by molar-refractivity contribution is -0.121. The third-order valence-corrected chi connectivity index (χ3v) is 6.16. The fourth-order valence-corrected chi connectivity index (χ4v) is 4.41. The number of amides is 1. The van der Waals surface area contributed by atoms with Crippen LogP contribution in [-0.4, -0.2) is 46.9 Å². The molecule has 2 aromatic rings. The van der Waals surface area contributed by atoms with E-state index < -0.39 is 10.0 Å². The Hall–Kier alpha value is -2.74. The normalized spacial score (nSPS) is 11.7. The minimum Gasteiger partial charge on any atom is -0.492 e. The second kappa shape index (κ2) is 11.9. The van der Waals surface area contributed by atoms with Crippen LogP contribution in [0.5, 0.6) is 11.5 Å². The van der Waals surface area contributed by atoms with Crippen molar-refractivity contribution in [3.8, 4) is 11.5 Å². The van der Waals surface area contributed by atoms with E-state index in [9.17, 15) is 13.2 Å². The molecule has 1 amide bonds. The number of anilines is 1. The number of nitrogens with zero attached hydrogens (tertiary/aromatic N) is 1. The number of ether oxygens (including phenoxy) is 2. The molecule has 0 fully saturated rings. The minimum absolute atomic E-state index is 0.0356. The van der Waals surface area contributed by atoms with Crippen molar-refractivity contribution in [1.82, 2.24) is 5.32 Å². The van der Waals surface area contributed by atoms with Gasteiger partial charge in [0.1, 0.15) is 18.1 Å². The predicted octanol–water partition coefficient (Wildman–Crippen LogP) is 4.12. The first-order valence-corrected chi connectivity index (χ1v) is 13.1. The summed E-state index contributed by atoms with van der Waals surface area (Å²) in [5, 5.41) is 2.84. The lowest BCUT2D eigenvalue weighted by Gasteiger charge is -2.24. The number of carbonyl (C=O) groups is 1. The summed E-state index contributed by atoms with van der Waals surface area (Å²) in [5.74, 6) is 1.17. The van der Waals surface area contributed by atoms with Gasteiger partial charge < -0.3 is 14.8 Å². The Morgan fingerprint density at radius 2 is 1.64 bits per heavy atom. The highest BCUT2D eigenvalue weighted by molar-refractivity contribution is 7.92. The summed E-state index contributed by atoms with van der Waals surface area (Å²) in [4.78, 5) is 12.3. The molecule has 0 atom stereocenters. The highest BCUT2D eigenvalue weighted by Crippen LogP contribution is 2.31. The molecular formula is C25H36N2O5S. The Labute approximate surface area is 198 Å². The molecule has 0 unspecified atom stereocenters. The Kier molecular flexibility index (Phi) is 9.58. The van der Waals surface area contributed by atoms with E-state index in [0.29, 0.717) is 37.6 Å². The zero-order valence-electron chi connectivity index (χ0n) is 20.3. The van der Waals surface area contributed by atoms with E-state index >= 15 is 0 Å². The lowest BCUT2D eigenvalue weighted by atomic mass is 9.86. The fraction of sp³-hybridized carbons (Fsp3) is 0.480. The molecule has 0 bridgehead atoms. The largest absolute Gasteiger partial charge is 0.492 e. The van der Waals surface area contributed by atoms with Gasteiger partial charge in [-0.05, 0) is 42.5 Å². The number of rotatable bonds is 12. The van der Waals surface area contributed by atoms with Gasteiger partial charge in [-0.25, -0.2) is 8.42 Å². The molecule has 8 heteroatoms. The van der Waals surface area contributed by atoms with Crippen LogP contribution in [0.2, 0.25) is 0 Å². The second-order valence-corrected chi connectivity index (χ2v) is 10.7. The molecule has 182 valence electrons. The Morgan fingerprint density at radius 1 is 1.00 bits per heavy atom. The van der Waals surface area contributed by atoms with Crippen LogP contribution in [0.4, 0.5) is 5.69 Å². The van der Waals surface area contributed by atoms with Crippen LogP contribution in [0.1, 0.15) is 46.1 Å². The van der Waals surface area contributed by atoms with E-state index in [4.69, 9.17) is 9.47 Å². The summed E-state index contributed by atoms with van der Waals surface area (Å²) >= 11 is 0. The molecule has 33 heavy (non-hydrogen) atoms. The van der Waals surface area contributed by atoms with Crippen LogP contribution < -0.4 is 19.1 Å². The van der Waals surface area contributed by atoms with Gasteiger partial charge in [0.05, 0.1) is 25.1 Å². The first kappa shape index (κ1) is 26.5. The van der Waals surface area contributed by atoms with Crippen molar-refractivity contribution < 1.29 is 22.7 Å². The molecule has 7 nitrogen and oxygen atoms in total. The third kappa shape index (κ3) is 8.28. The topological polar surface area (TPSA) is 84.9 Å². The van der Waals surface area contributed by atoms with Crippen LogP contribution in [0.25, 0.3) is 0 Å². The molecule has 0 saturated heterocycles. The van der Waals surface area contributed by atoms with Crippen molar-refractivity contribution in [2.24, 2.45) is 0 Å². The van der Waals surface area contributed by atoms with E-state index in [-0.39, 0.29) is 24.3 Å². The van der Waals surface area contributed by atoms with E-state index in [2.05, 4.69) is 26.1 Å². The van der Waals surface area contributed by atoms with E-state index in [1.807, 2.05) is 31.2 Å². The molecule has 2 aromatic carbocycles. The Balaban J connectivity index is 1.85. The van der Waals surface area contributed by atoms with Gasteiger partial charge in [0.25, 0.3) is 0 Å². The smallest absolute Gasteiger partial charge is 0.232 e. The molecule has 0 aromatic heterocycles. The van der Waals surface area contributed by atoms with Gasteiger partial charge in [-0.15, -0.1) is 0 Å². The third-order valence-electron chi connectivity index (χ3n) is 4.98. The lowest BCUT2D eigenvalue weighted by Crippen LogP contribution is -2.33. The van der Waals surface area contributed by atoms with Gasteiger partial charge in [-0.1, -0.05) is 51.1 Å². The molecule has 0 heterocycles. The average Bonchev–Trinajstić information content (AvgIpc) is 2.74. The molecule has 0 spiro atoms. The van der Waals surface area contributed by atoms with Gasteiger partial charge in [-0.2, -0.15) is 0 Å². The van der Waals surface area contributed by atoms with Gasteiger partial charge in [0.15, 0.2) is 0 Å². The number of benzene rings is 2. The van der Waals surface area contributed by atoms with Crippen LogP contribution >= 0.6 is 0 Å². The highest BCUT2D eigenvalue weighted by Gasteiger charge is 2.21. The van der Waals surface area contributed by atoms with Crippen molar-refractivity contribution >= 4 is 21.6 Å². The summed E-state index contributed by atoms with van der Waals surface area (Å²) in [6.07, 6.45) is 1.75. The van der Waals surface area contributed by atoms with Gasteiger partial charge in [0, 0.05) is 13.0 Å². The van der Waals surface area contributed by atoms with Gasteiger partial charge >= 0.3 is 0 Å². The van der Waals surface area contributed by atoms with Crippen molar-refractivity contribution in [3.05, 3.63) is 54.1 Å². The van der Waals surface area contributed by atoms with Crippen LogP contribution in [0.3, 0.4) is 0 Å². The standard InChI is InChI=1S/C25H36N2O5S/c1-6-31-23-15-10-8-13-21(23)27(33(5,29)30)18-11-16-24(28)26-17-19-32-22-14-9-7-12-20(22)25(2,3)4/h7-10,12-15H,6,11,16-19H2,1-5H3,(H,26,28). The number of hydrogen-bond acceptors (Lipinski definition) is 5. The molecule has 0 aliphatic rings. The molecule has 0 aliphatic carbocycles. The molecule has 0 radical (unpaired) electrons. The van der Waals surface area contributed by atoms with Gasteiger partial charge in [0.2, 0.25) is 15.9 Å². The number of sulfonamides is 1. The number of para-hydroxylation sites is 3. The van der Waals surface area contributed by atoms with Crippen molar-refractivity contribution in [1.29, 1.82) is 0 Å². The first-order valence-electron chi connectivity index (χ1n) is 11.2. The summed E-state index contributed by atoms with van der Waals surface area (Å²) in [6, 6.07) is 14.9. The number of carbonyl (C=O) groups excluding carboxylic acids is 1. The number of hydrogen-bond donors (Lipinski definition) is 1. The molecule has 0 aliphatic heterocycles. The maximum absolute atomic E-state index is 12.4. The molecule has 0 saturated carbocycles. The maximum atomic E-state index is 12.4. The monoisotopic (exact) mass is 476 g/mol. The van der Waals surface area contributed by atoms with Crippen LogP contribution in [0.15, 0.2) is 48.5 Å². The van der Waals surface area contributed by atoms with Crippen molar-refractivity contribution in [3.63, 3.8) is 0 Å². The highest BCUT2D eigenvalue weighted by atomic mass is 32.2. The van der Waals surface area contributed by atoms with Crippen molar-refractivity contribution in [2.75, 3.05) is 36.9 Å².